The molecular weight excluding hydrogens is 780 g/mol. The number of piperidine rings is 1. The molecule has 15 nitrogen and oxygen atoms in total. The van der Waals surface area contributed by atoms with Crippen LogP contribution >= 0.6 is 22.9 Å². The van der Waals surface area contributed by atoms with Gasteiger partial charge in [-0.15, -0.1) is 21.5 Å². The highest BCUT2D eigenvalue weighted by Gasteiger charge is 2.40. The number of aryl methyl sites for hydroxylation is 2. The van der Waals surface area contributed by atoms with E-state index in [1.807, 2.05) is 57.8 Å². The number of hydrazine groups is 1. The first-order chi connectivity index (χ1) is 28.0. The molecule has 58 heavy (non-hydrogen) atoms. The van der Waals surface area contributed by atoms with Crippen molar-refractivity contribution in [3.8, 4) is 5.00 Å². The number of aliphatic imine (C=N–C) groups is 1. The van der Waals surface area contributed by atoms with Crippen LogP contribution in [0.1, 0.15) is 93.7 Å². The number of nitrogens with zero attached hydrogens (tertiary/aromatic N) is 7. The minimum absolute atomic E-state index is 0.0369. The Bertz CT molecular complexity index is 2330. The number of halogens is 1. The summed E-state index contributed by atoms with van der Waals surface area (Å²) in [6.07, 6.45) is 2.38. The first-order valence-corrected chi connectivity index (χ1v) is 20.8. The van der Waals surface area contributed by atoms with Gasteiger partial charge < -0.3 is 15.1 Å². The Labute approximate surface area is 344 Å². The number of nitrogens with one attached hydrogen (secondary N) is 3. The van der Waals surface area contributed by atoms with Crippen LogP contribution in [0.4, 0.5) is 5.69 Å². The quantitative estimate of drug-likeness (QED) is 0.146. The van der Waals surface area contributed by atoms with Crippen molar-refractivity contribution in [3.63, 3.8) is 0 Å². The Morgan fingerprint density at radius 3 is 2.52 bits per heavy atom. The number of thiophene rings is 1. The lowest BCUT2D eigenvalue weighted by Crippen LogP contribution is -2.54. The van der Waals surface area contributed by atoms with Crippen molar-refractivity contribution >= 4 is 63.9 Å². The summed E-state index contributed by atoms with van der Waals surface area (Å²) in [4.78, 5) is 73.7. The average Bonchev–Trinajstić information content (AvgIpc) is 3.82. The number of rotatable bonds is 11. The number of piperazine rings is 1. The highest BCUT2D eigenvalue weighted by Crippen LogP contribution is 2.40. The van der Waals surface area contributed by atoms with Gasteiger partial charge in [-0.1, -0.05) is 29.8 Å². The fourth-order valence-corrected chi connectivity index (χ4v) is 9.45. The van der Waals surface area contributed by atoms with Crippen LogP contribution in [0.5, 0.6) is 0 Å². The summed E-state index contributed by atoms with van der Waals surface area (Å²) in [6.45, 7) is 8.94. The number of carbonyl (C=O) groups is 5. The first-order valence-electron chi connectivity index (χ1n) is 19.7. The van der Waals surface area contributed by atoms with E-state index in [1.165, 1.54) is 9.78 Å². The average molecular weight is 825 g/mol. The minimum atomic E-state index is -0.666. The largest absolute Gasteiger partial charge is 0.385 e. The van der Waals surface area contributed by atoms with Crippen molar-refractivity contribution in [3.05, 3.63) is 91.8 Å². The van der Waals surface area contributed by atoms with Gasteiger partial charge in [-0.05, 0) is 69.9 Å². The summed E-state index contributed by atoms with van der Waals surface area (Å²) >= 11 is 7.92. The topological polar surface area (TPSA) is 174 Å². The molecule has 5 amide bonds. The SMILES string of the molecule is Cc1sc2c(c1C)C(c1ccc(Cl)cc1)=N[C@@H](CC(=O)N1CCN(NC(=O)CCCCNc3cccc4c3CN(C3CCC(=O)NC3=O)C4=O)CC1)c1nnc(C)n1-2. The molecule has 1 unspecified atom stereocenters. The molecule has 4 aliphatic heterocycles. The molecule has 4 aromatic rings. The van der Waals surface area contributed by atoms with Crippen molar-refractivity contribution < 1.29 is 24.0 Å². The summed E-state index contributed by atoms with van der Waals surface area (Å²) in [5, 5.41) is 18.2. The van der Waals surface area contributed by atoms with Crippen molar-refractivity contribution in [1.82, 2.24) is 40.3 Å². The van der Waals surface area contributed by atoms with E-state index in [0.29, 0.717) is 74.9 Å². The number of carbonyl (C=O) groups excluding carboxylic acids is 5. The van der Waals surface area contributed by atoms with E-state index in [0.717, 1.165) is 50.9 Å². The van der Waals surface area contributed by atoms with Crippen LogP contribution in [0.3, 0.4) is 0 Å². The Morgan fingerprint density at radius 2 is 1.76 bits per heavy atom. The van der Waals surface area contributed by atoms with Gasteiger partial charge in [-0.25, -0.2) is 5.01 Å². The third-order valence-corrected chi connectivity index (χ3v) is 12.8. The van der Waals surface area contributed by atoms with Gasteiger partial charge in [-0.2, -0.15) is 0 Å². The lowest BCUT2D eigenvalue weighted by atomic mass is 9.99. The summed E-state index contributed by atoms with van der Waals surface area (Å²) < 4.78 is 2.04. The number of unbranched alkanes of at least 4 members (excludes halogenated alkanes) is 1. The maximum Gasteiger partial charge on any atom is 0.255 e. The number of fused-ring (bicyclic) bond motifs is 4. The molecule has 4 aliphatic rings. The number of aromatic nitrogens is 3. The van der Waals surface area contributed by atoms with Gasteiger partial charge in [0.25, 0.3) is 5.91 Å². The van der Waals surface area contributed by atoms with Crippen molar-refractivity contribution in [2.24, 2.45) is 4.99 Å². The van der Waals surface area contributed by atoms with E-state index in [-0.39, 0.29) is 36.5 Å². The summed E-state index contributed by atoms with van der Waals surface area (Å²) in [6, 6.07) is 11.9. The first kappa shape index (κ1) is 39.4. The molecule has 302 valence electrons. The second kappa shape index (κ2) is 16.4. The van der Waals surface area contributed by atoms with Crippen molar-refractivity contribution in [2.45, 2.75) is 77.9 Å². The van der Waals surface area contributed by atoms with Crippen LogP contribution in [0.2, 0.25) is 5.02 Å². The summed E-state index contributed by atoms with van der Waals surface area (Å²) in [7, 11) is 0. The number of benzene rings is 2. The predicted molar refractivity (Wildman–Crippen MR) is 219 cm³/mol. The second-order valence-corrected chi connectivity index (χ2v) is 16.8. The van der Waals surface area contributed by atoms with Gasteiger partial charge in [0.15, 0.2) is 5.82 Å². The van der Waals surface area contributed by atoms with Crippen LogP contribution in [-0.2, 0) is 25.7 Å². The molecule has 17 heteroatoms. The second-order valence-electron chi connectivity index (χ2n) is 15.1. The van der Waals surface area contributed by atoms with Gasteiger partial charge in [0.2, 0.25) is 23.6 Å². The molecule has 2 aromatic heterocycles. The smallest absolute Gasteiger partial charge is 0.255 e. The number of hydrogen-bond acceptors (Lipinski definition) is 11. The Balaban J connectivity index is 0.818. The fraction of sp³-hybridized carbons (Fsp3) is 0.415. The molecule has 0 bridgehead atoms. The normalized spacial score (nSPS) is 19.2. The molecule has 2 fully saturated rings. The lowest BCUT2D eigenvalue weighted by molar-refractivity contribution is -0.137. The van der Waals surface area contributed by atoms with Crippen LogP contribution in [0.25, 0.3) is 5.00 Å². The molecule has 6 heterocycles. The van der Waals surface area contributed by atoms with E-state index < -0.39 is 18.0 Å². The van der Waals surface area contributed by atoms with E-state index in [2.05, 4.69) is 40.1 Å². The maximum absolute atomic E-state index is 13.9. The zero-order valence-corrected chi connectivity index (χ0v) is 34.2. The van der Waals surface area contributed by atoms with Crippen LogP contribution in [0.15, 0.2) is 47.5 Å². The molecule has 0 spiro atoms. The van der Waals surface area contributed by atoms with Crippen molar-refractivity contribution in [2.75, 3.05) is 38.0 Å². The lowest BCUT2D eigenvalue weighted by Gasteiger charge is -2.35. The zero-order valence-electron chi connectivity index (χ0n) is 32.6. The monoisotopic (exact) mass is 824 g/mol. The van der Waals surface area contributed by atoms with E-state index >= 15 is 0 Å². The highest BCUT2D eigenvalue weighted by molar-refractivity contribution is 7.15. The molecule has 2 atom stereocenters. The zero-order chi connectivity index (χ0) is 40.7. The molecule has 0 saturated carbocycles. The minimum Gasteiger partial charge on any atom is -0.385 e. The highest BCUT2D eigenvalue weighted by atomic mass is 35.5. The number of anilines is 1. The van der Waals surface area contributed by atoms with Gasteiger partial charge in [0, 0.05) is 90.0 Å². The number of hydrogen-bond donors (Lipinski definition) is 3. The molecule has 2 aromatic carbocycles. The van der Waals surface area contributed by atoms with E-state index in [1.54, 1.807) is 17.4 Å². The number of amides is 5. The standard InChI is InChI=1S/C41H45ClN10O5S/c1-23-24(2)58-41-36(23)37(26-10-12-27(42)13-11-26)44-31(38-47-46-25(3)52(38)41)21-35(55)49-17-19-50(20-18-49)48-34(54)9-4-5-16-43-30-8-6-7-28-29(30)22-51(40(28)57)32-14-15-33(53)45-39(32)56/h6-8,10-13,31-32,43H,4-5,9,14-22H2,1-3H3,(H,48,54)(H,45,53,56)/t31-,32?/m0/s1. The molecule has 0 aliphatic carbocycles. The van der Waals surface area contributed by atoms with Gasteiger partial charge in [0.05, 0.1) is 12.1 Å². The molecule has 3 N–H and O–H groups in total. The number of imide groups is 1. The van der Waals surface area contributed by atoms with Crippen LogP contribution in [0, 0.1) is 20.8 Å². The maximum atomic E-state index is 13.9. The molecule has 8 rings (SSSR count). The van der Waals surface area contributed by atoms with Gasteiger partial charge >= 0.3 is 0 Å². The van der Waals surface area contributed by atoms with Crippen molar-refractivity contribution in [1.29, 1.82) is 0 Å². The third kappa shape index (κ3) is 7.75. The fourth-order valence-electron chi connectivity index (χ4n) is 8.11. The Morgan fingerprint density at radius 1 is 0.983 bits per heavy atom. The van der Waals surface area contributed by atoms with Crippen LogP contribution < -0.4 is 16.1 Å². The Hall–Kier alpha value is -5.45. The van der Waals surface area contributed by atoms with E-state index in [9.17, 15) is 24.0 Å². The predicted octanol–water partition coefficient (Wildman–Crippen LogP) is 4.41. The molecule has 2 saturated heterocycles. The molecule has 0 radical (unpaired) electrons. The third-order valence-electron chi connectivity index (χ3n) is 11.4. The summed E-state index contributed by atoms with van der Waals surface area (Å²) in [5.74, 6) is 0.291. The molecular formula is C41H45ClN10O5S. The Kier molecular flexibility index (Phi) is 11.2. The summed E-state index contributed by atoms with van der Waals surface area (Å²) in [5.41, 5.74) is 9.08. The van der Waals surface area contributed by atoms with Crippen LogP contribution in [-0.4, -0.2) is 104 Å². The van der Waals surface area contributed by atoms with Gasteiger partial charge in [-0.3, -0.25) is 44.3 Å². The van der Waals surface area contributed by atoms with E-state index in [4.69, 9.17) is 16.6 Å². The van der Waals surface area contributed by atoms with Gasteiger partial charge in [0.1, 0.15) is 22.9 Å².